The molecule has 0 aliphatic carbocycles. The fraction of sp³-hybridized carbons (Fsp3) is 0.188. The number of esters is 1. The SMILES string of the molecule is CC(C(=O)OCc1cccc(Cl)c1Cl)c1cccc(N)c1. The lowest BCUT2D eigenvalue weighted by Gasteiger charge is -2.13. The minimum Gasteiger partial charge on any atom is -0.460 e. The summed E-state index contributed by atoms with van der Waals surface area (Å²) in [6, 6.07) is 12.4. The lowest BCUT2D eigenvalue weighted by Crippen LogP contribution is -2.13. The monoisotopic (exact) mass is 323 g/mol. The molecule has 2 rings (SSSR count). The van der Waals surface area contributed by atoms with Crippen LogP contribution in [0.2, 0.25) is 10.0 Å². The van der Waals surface area contributed by atoms with Crippen LogP contribution in [0.1, 0.15) is 24.0 Å². The summed E-state index contributed by atoms with van der Waals surface area (Å²) in [5.41, 5.74) is 7.82. The number of ether oxygens (including phenoxy) is 1. The van der Waals surface area contributed by atoms with Crippen molar-refractivity contribution in [3.05, 3.63) is 63.6 Å². The molecule has 3 nitrogen and oxygen atoms in total. The van der Waals surface area contributed by atoms with Crippen LogP contribution in [0.5, 0.6) is 0 Å². The van der Waals surface area contributed by atoms with Gasteiger partial charge in [-0.3, -0.25) is 4.79 Å². The maximum atomic E-state index is 12.1. The van der Waals surface area contributed by atoms with Crippen LogP contribution in [0.25, 0.3) is 0 Å². The maximum absolute atomic E-state index is 12.1. The lowest BCUT2D eigenvalue weighted by molar-refractivity contribution is -0.146. The number of hydrogen-bond donors (Lipinski definition) is 1. The molecular weight excluding hydrogens is 309 g/mol. The van der Waals surface area contributed by atoms with E-state index in [9.17, 15) is 4.79 Å². The van der Waals surface area contributed by atoms with Gasteiger partial charge in [0.2, 0.25) is 0 Å². The number of hydrogen-bond acceptors (Lipinski definition) is 3. The van der Waals surface area contributed by atoms with E-state index in [2.05, 4.69) is 0 Å². The molecule has 1 unspecified atom stereocenters. The number of nitrogens with two attached hydrogens (primary N) is 1. The number of carbonyl (C=O) groups is 1. The Morgan fingerprint density at radius 3 is 2.67 bits per heavy atom. The first kappa shape index (κ1) is 15.7. The van der Waals surface area contributed by atoms with Crippen molar-refractivity contribution in [3.63, 3.8) is 0 Å². The molecule has 0 saturated carbocycles. The van der Waals surface area contributed by atoms with Gasteiger partial charge in [-0.2, -0.15) is 0 Å². The van der Waals surface area contributed by atoms with Crippen molar-refractivity contribution in [2.24, 2.45) is 0 Å². The molecule has 0 aliphatic rings. The molecule has 0 radical (unpaired) electrons. The molecule has 2 N–H and O–H groups in total. The second kappa shape index (κ2) is 6.83. The normalized spacial score (nSPS) is 12.0. The maximum Gasteiger partial charge on any atom is 0.313 e. The van der Waals surface area contributed by atoms with E-state index in [1.807, 2.05) is 12.1 Å². The van der Waals surface area contributed by atoms with E-state index < -0.39 is 5.92 Å². The Hall–Kier alpha value is -1.71. The summed E-state index contributed by atoms with van der Waals surface area (Å²) in [6.07, 6.45) is 0. The van der Waals surface area contributed by atoms with Gasteiger partial charge in [0.15, 0.2) is 0 Å². The highest BCUT2D eigenvalue weighted by Crippen LogP contribution is 2.27. The summed E-state index contributed by atoms with van der Waals surface area (Å²) < 4.78 is 5.30. The smallest absolute Gasteiger partial charge is 0.313 e. The number of rotatable bonds is 4. The average molecular weight is 324 g/mol. The number of nitrogen functional groups attached to an aromatic ring is 1. The van der Waals surface area contributed by atoms with Gasteiger partial charge in [-0.15, -0.1) is 0 Å². The Labute approximate surface area is 133 Å². The van der Waals surface area contributed by atoms with Crippen LogP contribution in [0.4, 0.5) is 5.69 Å². The molecule has 0 saturated heterocycles. The van der Waals surface area contributed by atoms with Crippen molar-refractivity contribution < 1.29 is 9.53 Å². The Bertz CT molecular complexity index is 658. The Morgan fingerprint density at radius 1 is 1.24 bits per heavy atom. The fourth-order valence-corrected chi connectivity index (χ4v) is 2.27. The molecule has 0 heterocycles. The summed E-state index contributed by atoms with van der Waals surface area (Å²) in [5.74, 6) is -0.733. The molecule has 2 aromatic rings. The van der Waals surface area contributed by atoms with Gasteiger partial charge in [-0.05, 0) is 30.7 Å². The number of anilines is 1. The van der Waals surface area contributed by atoms with Gasteiger partial charge in [0, 0.05) is 11.3 Å². The van der Waals surface area contributed by atoms with Crippen molar-refractivity contribution in [2.45, 2.75) is 19.4 Å². The molecule has 0 amide bonds. The van der Waals surface area contributed by atoms with E-state index in [1.54, 1.807) is 37.3 Å². The standard InChI is InChI=1S/C16H15Cl2NO2/c1-10(11-4-2-6-13(19)8-11)16(20)21-9-12-5-3-7-14(17)15(12)18/h2-8,10H,9,19H2,1H3. The van der Waals surface area contributed by atoms with Crippen molar-refractivity contribution in [2.75, 3.05) is 5.73 Å². The summed E-state index contributed by atoms with van der Waals surface area (Å²) in [5, 5.41) is 0.845. The predicted octanol–water partition coefficient (Wildman–Crippen LogP) is 4.42. The van der Waals surface area contributed by atoms with Crippen LogP contribution in [-0.2, 0) is 16.1 Å². The van der Waals surface area contributed by atoms with Crippen LogP contribution < -0.4 is 5.73 Å². The van der Waals surface area contributed by atoms with Crippen LogP contribution >= 0.6 is 23.2 Å². The predicted molar refractivity (Wildman–Crippen MR) is 85.5 cm³/mol. The second-order valence-electron chi connectivity index (χ2n) is 4.71. The van der Waals surface area contributed by atoms with Crippen molar-refractivity contribution >= 4 is 34.9 Å². The average Bonchev–Trinajstić information content (AvgIpc) is 2.47. The van der Waals surface area contributed by atoms with E-state index in [1.165, 1.54) is 0 Å². The number of halogens is 2. The van der Waals surface area contributed by atoms with Gasteiger partial charge in [0.25, 0.3) is 0 Å². The molecule has 1 atom stereocenters. The zero-order chi connectivity index (χ0) is 15.4. The van der Waals surface area contributed by atoms with Crippen LogP contribution in [0.15, 0.2) is 42.5 Å². The quantitative estimate of drug-likeness (QED) is 0.669. The zero-order valence-electron chi connectivity index (χ0n) is 11.5. The molecule has 0 bridgehead atoms. The minimum absolute atomic E-state index is 0.0882. The molecule has 21 heavy (non-hydrogen) atoms. The van der Waals surface area contributed by atoms with E-state index in [0.29, 0.717) is 21.3 Å². The Kier molecular flexibility index (Phi) is 5.10. The van der Waals surface area contributed by atoms with E-state index >= 15 is 0 Å². The highest BCUT2D eigenvalue weighted by molar-refractivity contribution is 6.42. The highest BCUT2D eigenvalue weighted by atomic mass is 35.5. The van der Waals surface area contributed by atoms with Crippen LogP contribution in [0, 0.1) is 0 Å². The molecule has 0 fully saturated rings. The van der Waals surface area contributed by atoms with E-state index in [4.69, 9.17) is 33.7 Å². The second-order valence-corrected chi connectivity index (χ2v) is 5.50. The third-order valence-electron chi connectivity index (χ3n) is 3.17. The third kappa shape index (κ3) is 3.90. The summed E-state index contributed by atoms with van der Waals surface area (Å²) in [6.45, 7) is 1.86. The lowest BCUT2D eigenvalue weighted by atomic mass is 10.0. The first-order chi connectivity index (χ1) is 9.99. The molecule has 110 valence electrons. The first-order valence-corrected chi connectivity index (χ1v) is 7.19. The number of carbonyl (C=O) groups excluding carboxylic acids is 1. The fourth-order valence-electron chi connectivity index (χ4n) is 1.90. The van der Waals surface area contributed by atoms with Gasteiger partial charge in [0.05, 0.1) is 16.0 Å². The largest absolute Gasteiger partial charge is 0.460 e. The zero-order valence-corrected chi connectivity index (χ0v) is 13.0. The number of benzene rings is 2. The van der Waals surface area contributed by atoms with Gasteiger partial charge >= 0.3 is 5.97 Å². The van der Waals surface area contributed by atoms with Gasteiger partial charge in [-0.25, -0.2) is 0 Å². The van der Waals surface area contributed by atoms with Crippen molar-refractivity contribution in [1.29, 1.82) is 0 Å². The molecule has 2 aromatic carbocycles. The summed E-state index contributed by atoms with van der Waals surface area (Å²) in [7, 11) is 0. The Morgan fingerprint density at radius 2 is 1.95 bits per heavy atom. The molecule has 0 spiro atoms. The summed E-state index contributed by atoms with van der Waals surface area (Å²) in [4.78, 5) is 12.1. The van der Waals surface area contributed by atoms with Gasteiger partial charge in [-0.1, -0.05) is 47.5 Å². The van der Waals surface area contributed by atoms with Crippen molar-refractivity contribution in [3.8, 4) is 0 Å². The topological polar surface area (TPSA) is 52.3 Å². The summed E-state index contributed by atoms with van der Waals surface area (Å²) >= 11 is 12.0. The van der Waals surface area contributed by atoms with Gasteiger partial charge in [0.1, 0.15) is 6.61 Å². The molecular formula is C16H15Cl2NO2. The highest BCUT2D eigenvalue weighted by Gasteiger charge is 2.17. The van der Waals surface area contributed by atoms with Crippen LogP contribution in [-0.4, -0.2) is 5.97 Å². The van der Waals surface area contributed by atoms with E-state index in [-0.39, 0.29) is 12.6 Å². The van der Waals surface area contributed by atoms with Crippen LogP contribution in [0.3, 0.4) is 0 Å². The van der Waals surface area contributed by atoms with E-state index in [0.717, 1.165) is 5.56 Å². The van der Waals surface area contributed by atoms with Crippen molar-refractivity contribution in [1.82, 2.24) is 0 Å². The van der Waals surface area contributed by atoms with Gasteiger partial charge < -0.3 is 10.5 Å². The third-order valence-corrected chi connectivity index (χ3v) is 4.02. The Balaban J connectivity index is 2.03. The molecule has 0 aromatic heterocycles. The first-order valence-electron chi connectivity index (χ1n) is 6.44. The minimum atomic E-state index is -0.397. The molecule has 5 heteroatoms. The molecule has 0 aliphatic heterocycles.